The van der Waals surface area contributed by atoms with Crippen LogP contribution in [-0.2, 0) is 4.79 Å². The Hall–Kier alpha value is -3.15. The summed E-state index contributed by atoms with van der Waals surface area (Å²) in [5.74, 6) is -0.929. The Labute approximate surface area is 133 Å². The van der Waals surface area contributed by atoms with Crippen LogP contribution in [0.3, 0.4) is 0 Å². The average Bonchev–Trinajstić information content (AvgIpc) is 2.60. The molecule has 0 fully saturated rings. The molecule has 0 heterocycles. The molecule has 23 heavy (non-hydrogen) atoms. The van der Waals surface area contributed by atoms with Gasteiger partial charge in [-0.3, -0.25) is 14.4 Å². The van der Waals surface area contributed by atoms with E-state index in [1.54, 1.807) is 48.5 Å². The summed E-state index contributed by atoms with van der Waals surface area (Å²) < 4.78 is 0. The minimum absolute atomic E-state index is 0.155. The topological polar surface area (TPSA) is 87.3 Å². The van der Waals surface area contributed by atoms with Crippen molar-refractivity contribution in [2.24, 2.45) is 0 Å². The molecule has 0 radical (unpaired) electrons. The molecular weight excluding hydrogens is 294 g/mol. The summed E-state index contributed by atoms with van der Waals surface area (Å²) in [6.45, 7) is -0.155. The highest BCUT2D eigenvalue weighted by atomic mass is 16.2. The van der Waals surface area contributed by atoms with E-state index in [9.17, 15) is 14.4 Å². The van der Waals surface area contributed by atoms with Gasteiger partial charge in [-0.1, -0.05) is 24.3 Å². The lowest BCUT2D eigenvalue weighted by Gasteiger charge is -2.08. The maximum Gasteiger partial charge on any atom is 0.251 e. The first kappa shape index (κ1) is 16.2. The highest BCUT2D eigenvalue weighted by molar-refractivity contribution is 6.00. The van der Waals surface area contributed by atoms with Gasteiger partial charge >= 0.3 is 0 Å². The maximum atomic E-state index is 11.9. The minimum Gasteiger partial charge on any atom is -0.355 e. The van der Waals surface area contributed by atoms with E-state index in [1.165, 1.54) is 7.05 Å². The van der Waals surface area contributed by atoms with Crippen LogP contribution in [0, 0.1) is 0 Å². The first-order valence-electron chi connectivity index (χ1n) is 7.05. The summed E-state index contributed by atoms with van der Waals surface area (Å²) in [6, 6.07) is 15.2. The first-order chi connectivity index (χ1) is 11.1. The van der Waals surface area contributed by atoms with Gasteiger partial charge in [-0.2, -0.15) is 0 Å². The molecule has 2 aromatic rings. The van der Waals surface area contributed by atoms with Crippen molar-refractivity contribution in [3.05, 3.63) is 65.7 Å². The zero-order chi connectivity index (χ0) is 16.7. The van der Waals surface area contributed by atoms with E-state index >= 15 is 0 Å². The van der Waals surface area contributed by atoms with E-state index in [-0.39, 0.29) is 24.3 Å². The number of nitrogens with one attached hydrogen (secondary N) is 3. The lowest BCUT2D eigenvalue weighted by atomic mass is 10.2. The van der Waals surface area contributed by atoms with Crippen molar-refractivity contribution in [1.82, 2.24) is 10.6 Å². The number of anilines is 1. The number of rotatable bonds is 5. The Balaban J connectivity index is 1.90. The first-order valence-corrected chi connectivity index (χ1v) is 7.05. The predicted molar refractivity (Wildman–Crippen MR) is 87.2 cm³/mol. The van der Waals surface area contributed by atoms with E-state index in [2.05, 4.69) is 16.0 Å². The molecule has 0 unspecified atom stereocenters. The van der Waals surface area contributed by atoms with Crippen LogP contribution in [0.25, 0.3) is 0 Å². The normalized spacial score (nSPS) is 9.78. The predicted octanol–water partition coefficient (Wildman–Crippen LogP) is 1.41. The minimum atomic E-state index is -0.372. The maximum absolute atomic E-state index is 11.9. The Bertz CT molecular complexity index is 714. The van der Waals surface area contributed by atoms with Gasteiger partial charge < -0.3 is 16.0 Å². The van der Waals surface area contributed by atoms with Crippen molar-refractivity contribution >= 4 is 23.4 Å². The van der Waals surface area contributed by atoms with Crippen molar-refractivity contribution in [2.45, 2.75) is 0 Å². The summed E-state index contributed by atoms with van der Waals surface area (Å²) in [5, 5.41) is 7.68. The molecule has 0 atom stereocenters. The van der Waals surface area contributed by atoms with Gasteiger partial charge in [0.1, 0.15) is 0 Å². The van der Waals surface area contributed by atoms with Crippen LogP contribution in [0.15, 0.2) is 54.6 Å². The van der Waals surface area contributed by atoms with Crippen LogP contribution >= 0.6 is 0 Å². The second kappa shape index (κ2) is 7.74. The van der Waals surface area contributed by atoms with Crippen LogP contribution < -0.4 is 16.0 Å². The molecule has 118 valence electrons. The van der Waals surface area contributed by atoms with Crippen LogP contribution in [0.2, 0.25) is 0 Å². The standard InChI is InChI=1S/C17H17N3O3/c1-18-16(22)13-8-5-9-14(10-13)20-15(21)11-19-17(23)12-6-3-2-4-7-12/h2-10H,11H2,1H3,(H,18,22)(H,19,23)(H,20,21). The Morgan fingerprint density at radius 1 is 0.870 bits per heavy atom. The third-order valence-electron chi connectivity index (χ3n) is 3.08. The molecule has 6 nitrogen and oxygen atoms in total. The summed E-state index contributed by atoms with van der Waals surface area (Å²) >= 11 is 0. The fourth-order valence-corrected chi connectivity index (χ4v) is 1.94. The molecule has 0 saturated carbocycles. The number of carbonyl (C=O) groups is 3. The molecule has 3 amide bonds. The molecule has 3 N–H and O–H groups in total. The quantitative estimate of drug-likeness (QED) is 0.780. The average molecular weight is 311 g/mol. The van der Waals surface area contributed by atoms with Crippen LogP contribution in [-0.4, -0.2) is 31.3 Å². The van der Waals surface area contributed by atoms with E-state index in [0.717, 1.165) is 0 Å². The second-order valence-electron chi connectivity index (χ2n) is 4.76. The van der Waals surface area contributed by atoms with Gasteiger partial charge in [-0.15, -0.1) is 0 Å². The van der Waals surface area contributed by atoms with E-state index in [1.807, 2.05) is 6.07 Å². The van der Waals surface area contributed by atoms with Gasteiger partial charge in [-0.25, -0.2) is 0 Å². The zero-order valence-electron chi connectivity index (χ0n) is 12.6. The van der Waals surface area contributed by atoms with Gasteiger partial charge in [0.2, 0.25) is 5.91 Å². The number of benzene rings is 2. The fourth-order valence-electron chi connectivity index (χ4n) is 1.94. The van der Waals surface area contributed by atoms with Crippen molar-refractivity contribution in [3.8, 4) is 0 Å². The molecule has 6 heteroatoms. The zero-order valence-corrected chi connectivity index (χ0v) is 12.6. The Kier molecular flexibility index (Phi) is 5.46. The SMILES string of the molecule is CNC(=O)c1cccc(NC(=O)CNC(=O)c2ccccc2)c1. The lowest BCUT2D eigenvalue weighted by molar-refractivity contribution is -0.115. The lowest BCUT2D eigenvalue weighted by Crippen LogP contribution is -2.32. The van der Waals surface area contributed by atoms with Gasteiger partial charge in [-0.05, 0) is 30.3 Å². The molecule has 0 bridgehead atoms. The second-order valence-corrected chi connectivity index (χ2v) is 4.76. The molecule has 0 aliphatic heterocycles. The van der Waals surface area contributed by atoms with Crippen LogP contribution in [0.1, 0.15) is 20.7 Å². The molecule has 2 rings (SSSR count). The molecule has 0 aliphatic rings. The third kappa shape index (κ3) is 4.67. The largest absolute Gasteiger partial charge is 0.355 e. The van der Waals surface area contributed by atoms with Crippen LogP contribution in [0.4, 0.5) is 5.69 Å². The van der Waals surface area contributed by atoms with Crippen molar-refractivity contribution in [2.75, 3.05) is 18.9 Å². The van der Waals surface area contributed by atoms with Crippen molar-refractivity contribution in [3.63, 3.8) is 0 Å². The van der Waals surface area contributed by atoms with E-state index in [4.69, 9.17) is 0 Å². The molecular formula is C17H17N3O3. The summed E-state index contributed by atoms with van der Waals surface area (Å²) in [5.41, 5.74) is 1.42. The highest BCUT2D eigenvalue weighted by Crippen LogP contribution is 2.10. The molecule has 0 saturated heterocycles. The van der Waals surface area contributed by atoms with Crippen molar-refractivity contribution < 1.29 is 14.4 Å². The van der Waals surface area contributed by atoms with Crippen molar-refractivity contribution in [1.29, 1.82) is 0 Å². The van der Waals surface area contributed by atoms with E-state index < -0.39 is 0 Å². The number of amides is 3. The molecule has 0 aliphatic carbocycles. The Morgan fingerprint density at radius 2 is 1.57 bits per heavy atom. The van der Waals surface area contributed by atoms with E-state index in [0.29, 0.717) is 16.8 Å². The molecule has 0 aromatic heterocycles. The summed E-state index contributed by atoms with van der Waals surface area (Å²) in [4.78, 5) is 35.3. The molecule has 0 spiro atoms. The highest BCUT2D eigenvalue weighted by Gasteiger charge is 2.09. The fraction of sp³-hybridized carbons (Fsp3) is 0.118. The Morgan fingerprint density at radius 3 is 2.26 bits per heavy atom. The van der Waals surface area contributed by atoms with Gasteiger partial charge in [0.15, 0.2) is 0 Å². The van der Waals surface area contributed by atoms with Gasteiger partial charge in [0.25, 0.3) is 11.8 Å². The summed E-state index contributed by atoms with van der Waals surface area (Å²) in [7, 11) is 1.53. The molecule has 2 aromatic carbocycles. The number of hydrogen-bond donors (Lipinski definition) is 3. The monoisotopic (exact) mass is 311 g/mol. The number of hydrogen-bond acceptors (Lipinski definition) is 3. The number of carbonyl (C=O) groups excluding carboxylic acids is 3. The van der Waals surface area contributed by atoms with Crippen LogP contribution in [0.5, 0.6) is 0 Å². The smallest absolute Gasteiger partial charge is 0.251 e. The third-order valence-corrected chi connectivity index (χ3v) is 3.08. The summed E-state index contributed by atoms with van der Waals surface area (Å²) in [6.07, 6.45) is 0. The van der Waals surface area contributed by atoms with Gasteiger partial charge in [0.05, 0.1) is 6.54 Å². The van der Waals surface area contributed by atoms with Gasteiger partial charge in [0, 0.05) is 23.9 Å².